The molecule has 2 heterocycles. The van der Waals surface area contributed by atoms with E-state index >= 15 is 0 Å². The Morgan fingerprint density at radius 1 is 1.08 bits per heavy atom. The Morgan fingerprint density at radius 2 is 1.62 bits per heavy atom. The number of carboxylic acids is 1. The van der Waals surface area contributed by atoms with Crippen LogP contribution in [0.2, 0.25) is 0 Å². The van der Waals surface area contributed by atoms with Crippen LogP contribution in [0.1, 0.15) is 18.1 Å². The van der Waals surface area contributed by atoms with Crippen LogP contribution >= 0.6 is 23.4 Å². The number of halogens is 1. The lowest BCUT2D eigenvalue weighted by atomic mass is 9.78. The van der Waals surface area contributed by atoms with Gasteiger partial charge in [0.05, 0.1) is 15.7 Å². The number of fused-ring (bicyclic) bond motifs is 1. The maximum Gasteiger partial charge on any atom is 0.508 e. The Balaban J connectivity index is 1.52. The molecule has 0 aliphatic carbocycles. The van der Waals surface area contributed by atoms with E-state index in [4.69, 9.17) is 21.1 Å². The molecule has 1 amide bonds. The highest BCUT2D eigenvalue weighted by Gasteiger charge is 2.69. The van der Waals surface area contributed by atoms with Crippen molar-refractivity contribution in [2.75, 3.05) is 5.88 Å². The molecule has 2 aliphatic rings. The number of nitrogens with zero attached hydrogens (tertiary/aromatic N) is 3. The van der Waals surface area contributed by atoms with Crippen molar-refractivity contribution in [2.24, 2.45) is 5.92 Å². The first kappa shape index (κ1) is 27.9. The lowest BCUT2D eigenvalue weighted by molar-refractivity contribution is -0.385. The summed E-state index contributed by atoms with van der Waals surface area (Å²) in [5, 5.41) is 31.6. The number of amides is 1. The molecule has 0 radical (unpaired) electrons. The number of thioether (sulfide) groups is 1. The van der Waals surface area contributed by atoms with Crippen LogP contribution in [0, 0.1) is 26.1 Å². The summed E-state index contributed by atoms with van der Waals surface area (Å²) >= 11 is 7.10. The molecular formula is C24H20ClN3O10S. The van der Waals surface area contributed by atoms with Crippen LogP contribution in [0.15, 0.2) is 59.1 Å². The minimum absolute atomic E-state index is 0.0920. The first-order valence-corrected chi connectivity index (χ1v) is 12.7. The van der Waals surface area contributed by atoms with Crippen LogP contribution in [-0.2, 0) is 32.1 Å². The fourth-order valence-corrected chi connectivity index (χ4v) is 6.60. The van der Waals surface area contributed by atoms with E-state index in [9.17, 15) is 39.7 Å². The highest BCUT2D eigenvalue weighted by molar-refractivity contribution is 8.05. The van der Waals surface area contributed by atoms with Gasteiger partial charge in [0.15, 0.2) is 0 Å². The fourth-order valence-electron chi connectivity index (χ4n) is 4.62. The van der Waals surface area contributed by atoms with Crippen molar-refractivity contribution < 1.29 is 38.8 Å². The topological polar surface area (TPSA) is 179 Å². The number of non-ortho nitro benzene ring substituents is 2. The van der Waals surface area contributed by atoms with Gasteiger partial charge in [-0.2, -0.15) is 0 Å². The average Bonchev–Trinajstić information content (AvgIpc) is 3.17. The van der Waals surface area contributed by atoms with E-state index in [1.165, 1.54) is 55.5 Å². The largest absolute Gasteiger partial charge is 0.508 e. The molecule has 0 unspecified atom stereocenters. The third kappa shape index (κ3) is 5.25. The van der Waals surface area contributed by atoms with Crippen LogP contribution in [0.3, 0.4) is 0 Å². The molecule has 15 heteroatoms. The third-order valence-electron chi connectivity index (χ3n) is 6.32. The number of alkyl halides is 1. The van der Waals surface area contributed by atoms with Gasteiger partial charge in [0.2, 0.25) is 5.91 Å². The van der Waals surface area contributed by atoms with Gasteiger partial charge >= 0.3 is 12.1 Å². The van der Waals surface area contributed by atoms with Crippen LogP contribution in [0.25, 0.3) is 0 Å². The normalized spacial score (nSPS) is 20.6. The number of rotatable bonds is 10. The van der Waals surface area contributed by atoms with E-state index in [1.54, 1.807) is 0 Å². The standard InChI is InChI=1S/C24H20ClN3O10S/c1-13(38-23(32)37-12-15-4-8-17(9-5-15)28(35)36)19-21(29)26-20(22(30)31)18(11-25)39-24(19,26)10-14-2-6-16(7-3-14)27(33)34/h2-9,13,19H,10-12H2,1H3,(H,30,31)/t13-,19+,24-/m1/s1. The Kier molecular flexibility index (Phi) is 7.79. The summed E-state index contributed by atoms with van der Waals surface area (Å²) in [5.41, 5.74) is 0.544. The maximum atomic E-state index is 13.2. The minimum Gasteiger partial charge on any atom is -0.477 e. The first-order chi connectivity index (χ1) is 18.5. The second-order valence-electron chi connectivity index (χ2n) is 8.69. The van der Waals surface area contributed by atoms with Crippen molar-refractivity contribution >= 4 is 52.8 Å². The van der Waals surface area contributed by atoms with E-state index in [2.05, 4.69) is 0 Å². The van der Waals surface area contributed by atoms with Crippen LogP contribution in [-0.4, -0.2) is 54.7 Å². The number of ether oxygens (including phenoxy) is 2. The predicted octanol–water partition coefficient (Wildman–Crippen LogP) is 4.22. The molecule has 204 valence electrons. The van der Waals surface area contributed by atoms with Crippen LogP contribution < -0.4 is 0 Å². The van der Waals surface area contributed by atoms with Gasteiger partial charge in [-0.25, -0.2) is 9.59 Å². The van der Waals surface area contributed by atoms with Crippen molar-refractivity contribution in [1.82, 2.24) is 4.90 Å². The smallest absolute Gasteiger partial charge is 0.477 e. The molecule has 0 saturated carbocycles. The van der Waals surface area contributed by atoms with Gasteiger partial charge in [-0.1, -0.05) is 23.9 Å². The SMILES string of the molecule is C[C@@H](OC(=O)OCc1ccc([N+](=O)[O-])cc1)[C@H]1C(=O)N2C(C(=O)O)=C(CCl)S[C@]12Cc1ccc([N+](=O)[O-])cc1. The Bertz CT molecular complexity index is 1380. The number of allylic oxidation sites excluding steroid dienone is 1. The summed E-state index contributed by atoms with van der Waals surface area (Å²) < 4.78 is 10.5. The number of aliphatic carboxylic acids is 1. The minimum atomic E-state index is -1.34. The summed E-state index contributed by atoms with van der Waals surface area (Å²) in [6, 6.07) is 11.0. The number of nitro benzene ring substituents is 2. The highest BCUT2D eigenvalue weighted by Crippen LogP contribution is 2.60. The number of hydrogen-bond acceptors (Lipinski definition) is 10. The van der Waals surface area contributed by atoms with E-state index in [1.807, 2.05) is 0 Å². The molecule has 4 rings (SSSR count). The number of carbonyl (C=O) groups excluding carboxylic acids is 2. The molecule has 2 aliphatic heterocycles. The Morgan fingerprint density at radius 3 is 2.10 bits per heavy atom. The monoisotopic (exact) mass is 577 g/mol. The van der Waals surface area contributed by atoms with Gasteiger partial charge in [-0.3, -0.25) is 29.9 Å². The molecule has 1 saturated heterocycles. The van der Waals surface area contributed by atoms with Gasteiger partial charge in [0, 0.05) is 35.6 Å². The molecule has 0 bridgehead atoms. The lowest BCUT2D eigenvalue weighted by Gasteiger charge is -2.54. The molecule has 2 aromatic carbocycles. The van der Waals surface area contributed by atoms with Crippen molar-refractivity contribution in [2.45, 2.75) is 30.9 Å². The molecule has 39 heavy (non-hydrogen) atoms. The number of benzene rings is 2. The van der Waals surface area contributed by atoms with Crippen LogP contribution in [0.5, 0.6) is 0 Å². The van der Waals surface area contributed by atoms with Gasteiger partial charge in [-0.05, 0) is 30.2 Å². The maximum absolute atomic E-state index is 13.2. The van der Waals surface area contributed by atoms with E-state index in [0.29, 0.717) is 11.1 Å². The molecule has 2 aromatic rings. The highest BCUT2D eigenvalue weighted by atomic mass is 35.5. The number of β-lactam (4-membered cyclic amide) rings is 1. The summed E-state index contributed by atoms with van der Waals surface area (Å²) in [6.45, 7) is 1.24. The van der Waals surface area contributed by atoms with Gasteiger partial charge in [0.1, 0.15) is 29.2 Å². The number of carbonyl (C=O) groups is 3. The number of nitro groups is 2. The predicted molar refractivity (Wildman–Crippen MR) is 137 cm³/mol. The summed E-state index contributed by atoms with van der Waals surface area (Å²) in [6.07, 6.45) is -2.05. The molecule has 0 spiro atoms. The van der Waals surface area contributed by atoms with Crippen molar-refractivity contribution in [3.05, 3.63) is 90.5 Å². The molecule has 1 N–H and O–H groups in total. The second kappa shape index (κ2) is 10.9. The average molecular weight is 578 g/mol. The van der Waals surface area contributed by atoms with Gasteiger partial charge < -0.3 is 14.6 Å². The molecule has 0 aromatic heterocycles. The first-order valence-electron chi connectivity index (χ1n) is 11.3. The second-order valence-corrected chi connectivity index (χ2v) is 10.4. The fraction of sp³-hybridized carbons (Fsp3) is 0.292. The summed E-state index contributed by atoms with van der Waals surface area (Å²) in [5.74, 6) is -3.08. The zero-order valence-corrected chi connectivity index (χ0v) is 21.7. The third-order valence-corrected chi connectivity index (χ3v) is 8.27. The number of carboxylic acid groups (broad SMARTS) is 1. The lowest BCUT2D eigenvalue weighted by Crippen LogP contribution is -2.71. The Labute approximate surface area is 229 Å². The van der Waals surface area contributed by atoms with Crippen LogP contribution in [0.4, 0.5) is 16.2 Å². The molecule has 13 nitrogen and oxygen atoms in total. The summed E-state index contributed by atoms with van der Waals surface area (Å²) in [7, 11) is 0. The number of hydrogen-bond donors (Lipinski definition) is 1. The van der Waals surface area contributed by atoms with Crippen molar-refractivity contribution in [3.63, 3.8) is 0 Å². The summed E-state index contributed by atoms with van der Waals surface area (Å²) in [4.78, 5) is 58.6. The van der Waals surface area contributed by atoms with Crippen molar-refractivity contribution in [1.29, 1.82) is 0 Å². The van der Waals surface area contributed by atoms with E-state index in [0.717, 1.165) is 16.7 Å². The Hall–Kier alpha value is -4.17. The zero-order chi connectivity index (χ0) is 28.5. The van der Waals surface area contributed by atoms with E-state index < -0.39 is 44.8 Å². The zero-order valence-electron chi connectivity index (χ0n) is 20.1. The van der Waals surface area contributed by atoms with E-state index in [-0.39, 0.29) is 40.9 Å². The molecule has 3 atom stereocenters. The quantitative estimate of drug-likeness (QED) is 0.140. The van der Waals surface area contributed by atoms with Gasteiger partial charge in [-0.15, -0.1) is 11.6 Å². The molecular weight excluding hydrogens is 558 g/mol. The van der Waals surface area contributed by atoms with Gasteiger partial charge in [0.25, 0.3) is 11.4 Å². The molecule has 1 fully saturated rings. The van der Waals surface area contributed by atoms with Crippen molar-refractivity contribution in [3.8, 4) is 0 Å².